The van der Waals surface area contributed by atoms with Crippen molar-refractivity contribution in [1.29, 1.82) is 0 Å². The minimum atomic E-state index is -4.04. The zero-order chi connectivity index (χ0) is 19.6. The lowest BCUT2D eigenvalue weighted by atomic mass is 9.71. The van der Waals surface area contributed by atoms with Crippen LogP contribution in [0.4, 0.5) is 13.2 Å². The zero-order valence-electron chi connectivity index (χ0n) is 16.9. The van der Waals surface area contributed by atoms with Crippen molar-refractivity contribution in [2.24, 2.45) is 17.8 Å². The first-order chi connectivity index (χ1) is 13.5. The molecule has 4 fully saturated rings. The maximum atomic E-state index is 13.2. The fourth-order valence-corrected chi connectivity index (χ4v) is 6.11. The number of hydrogen-bond acceptors (Lipinski definition) is 4. The Labute approximate surface area is 167 Å². The van der Waals surface area contributed by atoms with E-state index in [0.29, 0.717) is 43.5 Å². The number of alkyl halides is 3. The van der Waals surface area contributed by atoms with Gasteiger partial charge in [0.25, 0.3) is 0 Å². The third kappa shape index (κ3) is 5.02. The van der Waals surface area contributed by atoms with Crippen LogP contribution in [0, 0.1) is 17.8 Å². The largest absolute Gasteiger partial charge is 0.393 e. The lowest BCUT2D eigenvalue weighted by Gasteiger charge is -2.50. The molecule has 0 aromatic rings. The van der Waals surface area contributed by atoms with Crippen LogP contribution in [-0.4, -0.2) is 74.1 Å². The van der Waals surface area contributed by atoms with E-state index in [2.05, 4.69) is 15.1 Å². The van der Waals surface area contributed by atoms with Gasteiger partial charge in [0.15, 0.2) is 0 Å². The number of halogens is 3. The third-order valence-electron chi connectivity index (χ3n) is 7.59. The van der Waals surface area contributed by atoms with Gasteiger partial charge < -0.3 is 10.1 Å². The van der Waals surface area contributed by atoms with Crippen LogP contribution >= 0.6 is 0 Å². The summed E-state index contributed by atoms with van der Waals surface area (Å²) in [5.74, 6) is 0.0553. The van der Waals surface area contributed by atoms with E-state index in [1.807, 2.05) is 0 Å². The quantitative estimate of drug-likeness (QED) is 0.761. The first kappa shape index (κ1) is 20.9. The molecule has 3 saturated heterocycles. The van der Waals surface area contributed by atoms with Gasteiger partial charge in [-0.25, -0.2) is 0 Å². The van der Waals surface area contributed by atoms with Crippen LogP contribution in [0.15, 0.2) is 0 Å². The van der Waals surface area contributed by atoms with Crippen LogP contribution in [0.25, 0.3) is 0 Å². The van der Waals surface area contributed by atoms with Crippen LogP contribution in [0.2, 0.25) is 0 Å². The van der Waals surface area contributed by atoms with Gasteiger partial charge in [-0.2, -0.15) is 13.2 Å². The van der Waals surface area contributed by atoms with E-state index in [1.54, 1.807) is 0 Å². The predicted octanol–water partition coefficient (Wildman–Crippen LogP) is 3.48. The number of nitrogens with one attached hydrogen (secondary N) is 1. The predicted molar refractivity (Wildman–Crippen MR) is 103 cm³/mol. The van der Waals surface area contributed by atoms with E-state index >= 15 is 0 Å². The molecule has 0 aromatic heterocycles. The van der Waals surface area contributed by atoms with Gasteiger partial charge in [0.05, 0.1) is 19.3 Å². The van der Waals surface area contributed by atoms with E-state index < -0.39 is 12.1 Å². The van der Waals surface area contributed by atoms with Crippen molar-refractivity contribution in [3.8, 4) is 0 Å². The Hall–Kier alpha value is -0.370. The van der Waals surface area contributed by atoms with Crippen molar-refractivity contribution < 1.29 is 17.9 Å². The van der Waals surface area contributed by atoms with Crippen molar-refractivity contribution in [3.05, 3.63) is 0 Å². The lowest BCUT2D eigenvalue weighted by molar-refractivity contribution is -0.191. The fraction of sp³-hybridized carbons (Fsp3) is 1.00. The molecule has 4 rings (SSSR count). The molecule has 5 atom stereocenters. The maximum Gasteiger partial charge on any atom is 0.393 e. The van der Waals surface area contributed by atoms with Gasteiger partial charge in [-0.05, 0) is 69.9 Å². The van der Waals surface area contributed by atoms with E-state index in [1.165, 1.54) is 19.3 Å². The molecule has 1 saturated carbocycles. The first-order valence-corrected chi connectivity index (χ1v) is 11.3. The van der Waals surface area contributed by atoms with Gasteiger partial charge in [-0.3, -0.25) is 9.80 Å². The summed E-state index contributed by atoms with van der Waals surface area (Å²) in [5.41, 5.74) is 0. The molecule has 28 heavy (non-hydrogen) atoms. The van der Waals surface area contributed by atoms with Gasteiger partial charge in [0.1, 0.15) is 0 Å². The molecule has 0 radical (unpaired) electrons. The summed E-state index contributed by atoms with van der Waals surface area (Å²) in [4.78, 5) is 4.63. The number of fused-ring (bicyclic) bond motifs is 1. The smallest absolute Gasteiger partial charge is 0.364 e. The van der Waals surface area contributed by atoms with Crippen molar-refractivity contribution in [2.75, 3.05) is 46.1 Å². The van der Waals surface area contributed by atoms with Crippen LogP contribution in [0.1, 0.15) is 51.4 Å². The molecular formula is C21H36F3N3O. The lowest BCUT2D eigenvalue weighted by Crippen LogP contribution is -2.55. The van der Waals surface area contributed by atoms with Crippen molar-refractivity contribution in [3.63, 3.8) is 0 Å². The van der Waals surface area contributed by atoms with Gasteiger partial charge in [0, 0.05) is 31.7 Å². The van der Waals surface area contributed by atoms with Gasteiger partial charge in [-0.15, -0.1) is 0 Å². The molecule has 0 spiro atoms. The Morgan fingerprint density at radius 1 is 0.929 bits per heavy atom. The summed E-state index contributed by atoms with van der Waals surface area (Å²) in [6.45, 7) is 5.74. The number of ether oxygens (including phenoxy) is 1. The number of rotatable bonds is 5. The second-order valence-corrected chi connectivity index (χ2v) is 9.46. The Morgan fingerprint density at radius 3 is 2.61 bits per heavy atom. The third-order valence-corrected chi connectivity index (χ3v) is 7.59. The molecule has 5 unspecified atom stereocenters. The highest BCUT2D eigenvalue weighted by molar-refractivity contribution is 4.94. The van der Waals surface area contributed by atoms with Gasteiger partial charge >= 0.3 is 6.18 Å². The molecule has 3 aliphatic heterocycles. The molecular weight excluding hydrogens is 367 g/mol. The molecule has 0 bridgehead atoms. The molecule has 162 valence electrons. The Balaban J connectivity index is 1.27. The summed E-state index contributed by atoms with van der Waals surface area (Å²) in [6.07, 6.45) is 3.97. The highest BCUT2D eigenvalue weighted by Crippen LogP contribution is 2.41. The Bertz CT molecular complexity index is 498. The summed E-state index contributed by atoms with van der Waals surface area (Å²) < 4.78 is 45.7. The zero-order valence-corrected chi connectivity index (χ0v) is 16.9. The highest BCUT2D eigenvalue weighted by atomic mass is 19.4. The molecule has 0 aromatic carbocycles. The number of nitrogens with zero attached hydrogens (tertiary/aromatic N) is 2. The first-order valence-electron chi connectivity index (χ1n) is 11.3. The minimum absolute atomic E-state index is 0.221. The van der Waals surface area contributed by atoms with E-state index in [-0.39, 0.29) is 6.54 Å². The maximum absolute atomic E-state index is 13.2. The molecule has 1 N–H and O–H groups in total. The monoisotopic (exact) mass is 403 g/mol. The van der Waals surface area contributed by atoms with Crippen molar-refractivity contribution >= 4 is 0 Å². The van der Waals surface area contributed by atoms with Gasteiger partial charge in [-0.1, -0.05) is 6.42 Å². The molecule has 4 aliphatic rings. The topological polar surface area (TPSA) is 27.7 Å². The van der Waals surface area contributed by atoms with Crippen LogP contribution in [0.5, 0.6) is 0 Å². The number of piperidine rings is 2. The molecule has 1 aliphatic carbocycles. The standard InChI is InChI=1S/C21H36F3N3O/c22-21(23,24)17-5-3-10-27(13-17)20-7-1-4-16-12-26(11-8-19(16)20)15-28-14-18-6-2-9-25-18/h16-20,25H,1-15H2. The van der Waals surface area contributed by atoms with Gasteiger partial charge in [0.2, 0.25) is 0 Å². The number of hydrogen-bond donors (Lipinski definition) is 1. The van der Waals surface area contributed by atoms with Crippen LogP contribution in [-0.2, 0) is 4.74 Å². The minimum Gasteiger partial charge on any atom is -0.364 e. The summed E-state index contributed by atoms with van der Waals surface area (Å²) in [5, 5.41) is 3.47. The Morgan fingerprint density at radius 2 is 1.82 bits per heavy atom. The van der Waals surface area contributed by atoms with Crippen LogP contribution in [0.3, 0.4) is 0 Å². The molecule has 4 nitrogen and oxygen atoms in total. The van der Waals surface area contributed by atoms with E-state index in [4.69, 9.17) is 4.74 Å². The summed E-state index contributed by atoms with van der Waals surface area (Å²) in [7, 11) is 0. The number of likely N-dealkylation sites (tertiary alicyclic amines) is 2. The summed E-state index contributed by atoms with van der Waals surface area (Å²) in [6, 6.07) is 0.868. The van der Waals surface area contributed by atoms with E-state index in [0.717, 1.165) is 52.0 Å². The van der Waals surface area contributed by atoms with E-state index in [9.17, 15) is 13.2 Å². The average molecular weight is 404 g/mol. The SMILES string of the molecule is FC(F)(F)C1CCCN(C2CCCC3CN(COCC4CCCN4)CCC32)C1. The molecule has 0 amide bonds. The van der Waals surface area contributed by atoms with Crippen molar-refractivity contribution in [2.45, 2.75) is 69.6 Å². The normalized spacial score (nSPS) is 38.5. The second-order valence-electron chi connectivity index (χ2n) is 9.46. The average Bonchev–Trinajstić information content (AvgIpc) is 3.20. The molecule has 3 heterocycles. The summed E-state index contributed by atoms with van der Waals surface area (Å²) >= 11 is 0. The highest BCUT2D eigenvalue weighted by Gasteiger charge is 2.46. The van der Waals surface area contributed by atoms with Crippen LogP contribution < -0.4 is 5.32 Å². The molecule has 7 heteroatoms. The fourth-order valence-electron chi connectivity index (χ4n) is 6.11. The second kappa shape index (κ2) is 9.19. The van der Waals surface area contributed by atoms with Crippen molar-refractivity contribution in [1.82, 2.24) is 15.1 Å². The Kier molecular flexibility index (Phi) is 6.85.